The van der Waals surface area contributed by atoms with Crippen LogP contribution in [0.15, 0.2) is 61.2 Å². The monoisotopic (exact) mass is 345 g/mol. The molecule has 0 amide bonds. The quantitative estimate of drug-likeness (QED) is 0.521. The molecule has 128 valence electrons. The molecule has 1 heterocycles. The molecular weight excluding hydrogens is 329 g/mol. The average Bonchev–Trinajstić information content (AvgIpc) is 2.67. The summed E-state index contributed by atoms with van der Waals surface area (Å²) in [7, 11) is 1.79. The van der Waals surface area contributed by atoms with Crippen LogP contribution in [-0.4, -0.2) is 22.8 Å². The third kappa shape index (κ3) is 3.93. The largest absolute Gasteiger partial charge is 0.342 e. The number of carbonyl (C=O) groups excluding carboxylic acids is 1. The van der Waals surface area contributed by atoms with Crippen LogP contribution in [-0.2, 0) is 6.42 Å². The number of halogens is 1. The van der Waals surface area contributed by atoms with Crippen LogP contribution in [0.3, 0.4) is 0 Å². The Labute approximate surface area is 151 Å². The lowest BCUT2D eigenvalue weighted by Crippen LogP contribution is -2.11. The van der Waals surface area contributed by atoms with Crippen molar-refractivity contribution in [3.05, 3.63) is 83.7 Å². The average molecular weight is 345 g/mol. The highest BCUT2D eigenvalue weighted by Crippen LogP contribution is 2.25. The van der Waals surface area contributed by atoms with Crippen LogP contribution in [0.4, 0.5) is 15.8 Å². The molecule has 0 fully saturated rings. The van der Waals surface area contributed by atoms with Gasteiger partial charge in [0.1, 0.15) is 12.1 Å². The molecule has 0 aliphatic rings. The van der Waals surface area contributed by atoms with E-state index in [1.807, 2.05) is 0 Å². The Morgan fingerprint density at radius 2 is 1.92 bits per heavy atom. The third-order valence-electron chi connectivity index (χ3n) is 3.98. The summed E-state index contributed by atoms with van der Waals surface area (Å²) in [6.07, 6.45) is 10.1. The van der Waals surface area contributed by atoms with Gasteiger partial charge >= 0.3 is 0 Å². The minimum atomic E-state index is -0.411. The van der Waals surface area contributed by atoms with Crippen molar-refractivity contribution < 1.29 is 9.18 Å². The second kappa shape index (κ2) is 7.58. The summed E-state index contributed by atoms with van der Waals surface area (Å²) >= 11 is 0. The highest BCUT2D eigenvalue weighted by Gasteiger charge is 2.12. The topological polar surface area (TPSA) is 46.1 Å². The van der Waals surface area contributed by atoms with Crippen molar-refractivity contribution in [1.29, 1.82) is 0 Å². The third-order valence-corrected chi connectivity index (χ3v) is 3.98. The molecule has 0 aliphatic carbocycles. The summed E-state index contributed by atoms with van der Waals surface area (Å²) < 4.78 is 14.1. The fourth-order valence-corrected chi connectivity index (χ4v) is 2.61. The van der Waals surface area contributed by atoms with E-state index >= 15 is 0 Å². The number of aromatic nitrogens is 2. The molecule has 2 aromatic carbocycles. The number of terminal acetylenes is 1. The molecule has 0 unspecified atom stereocenters. The van der Waals surface area contributed by atoms with Gasteiger partial charge in [0, 0.05) is 30.3 Å². The maximum absolute atomic E-state index is 14.1. The fraction of sp³-hybridized carbons (Fsp3) is 0.0952. The first-order chi connectivity index (χ1) is 12.6. The maximum atomic E-state index is 14.1. The molecule has 0 N–H and O–H groups in total. The second-order valence-corrected chi connectivity index (χ2v) is 5.80. The van der Waals surface area contributed by atoms with Gasteiger partial charge in [0.05, 0.1) is 18.1 Å². The lowest BCUT2D eigenvalue weighted by atomic mass is 10.0. The van der Waals surface area contributed by atoms with E-state index in [0.717, 1.165) is 5.69 Å². The molecule has 0 saturated heterocycles. The van der Waals surface area contributed by atoms with E-state index in [1.54, 1.807) is 54.7 Å². The molecule has 0 radical (unpaired) electrons. The number of hydrogen-bond acceptors (Lipinski definition) is 4. The molecule has 0 atom stereocenters. The highest BCUT2D eigenvalue weighted by atomic mass is 19.1. The van der Waals surface area contributed by atoms with E-state index < -0.39 is 5.82 Å². The van der Waals surface area contributed by atoms with Crippen LogP contribution in [0, 0.1) is 18.2 Å². The van der Waals surface area contributed by atoms with Crippen LogP contribution in [0.25, 0.3) is 0 Å². The Bertz CT molecular complexity index is 980. The van der Waals surface area contributed by atoms with E-state index in [1.165, 1.54) is 18.5 Å². The number of rotatable bonds is 5. The number of hydrogen-bond donors (Lipinski definition) is 0. The lowest BCUT2D eigenvalue weighted by molar-refractivity contribution is 0.0993. The summed E-state index contributed by atoms with van der Waals surface area (Å²) in [4.78, 5) is 22.2. The predicted molar refractivity (Wildman–Crippen MR) is 98.9 cm³/mol. The molecule has 0 saturated carbocycles. The molecule has 4 nitrogen and oxygen atoms in total. The number of carbonyl (C=O) groups is 1. The van der Waals surface area contributed by atoms with Gasteiger partial charge in [-0.1, -0.05) is 18.1 Å². The Balaban J connectivity index is 1.86. The van der Waals surface area contributed by atoms with E-state index in [-0.39, 0.29) is 12.2 Å². The van der Waals surface area contributed by atoms with Gasteiger partial charge in [0.15, 0.2) is 5.78 Å². The highest BCUT2D eigenvalue weighted by molar-refractivity contribution is 5.98. The van der Waals surface area contributed by atoms with Crippen LogP contribution in [0.2, 0.25) is 0 Å². The second-order valence-electron chi connectivity index (χ2n) is 5.80. The molecule has 3 rings (SSSR count). The zero-order valence-corrected chi connectivity index (χ0v) is 14.2. The maximum Gasteiger partial charge on any atom is 0.167 e. The Hall–Kier alpha value is -3.52. The van der Waals surface area contributed by atoms with Crippen molar-refractivity contribution in [1.82, 2.24) is 9.97 Å². The standard InChI is InChI=1S/C21H16FN3O/c1-3-15-5-4-6-17(7-15)21(26)10-16-8-18(22)11-19(9-16)25(2)20-12-23-14-24-13-20/h1,4-9,11-14H,10H2,2H3. The van der Waals surface area contributed by atoms with Crippen LogP contribution in [0.5, 0.6) is 0 Å². The van der Waals surface area contributed by atoms with E-state index in [4.69, 9.17) is 6.42 Å². The minimum absolute atomic E-state index is 0.0813. The zero-order chi connectivity index (χ0) is 18.5. The molecule has 0 bridgehead atoms. The van der Waals surface area contributed by atoms with E-state index in [0.29, 0.717) is 22.4 Å². The molecule has 1 aromatic heterocycles. The molecule has 5 heteroatoms. The molecular formula is C21H16FN3O. The Morgan fingerprint density at radius 1 is 1.15 bits per heavy atom. The van der Waals surface area contributed by atoms with Gasteiger partial charge < -0.3 is 4.90 Å². The van der Waals surface area contributed by atoms with Crippen molar-refractivity contribution in [3.8, 4) is 12.3 Å². The number of anilines is 2. The number of ketones is 1. The van der Waals surface area contributed by atoms with Gasteiger partial charge in [-0.05, 0) is 35.9 Å². The van der Waals surface area contributed by atoms with Crippen molar-refractivity contribution in [2.24, 2.45) is 0 Å². The molecule has 0 aliphatic heterocycles. The van der Waals surface area contributed by atoms with Crippen molar-refractivity contribution >= 4 is 17.2 Å². The van der Waals surface area contributed by atoms with Crippen LogP contribution >= 0.6 is 0 Å². The van der Waals surface area contributed by atoms with Gasteiger partial charge in [-0.15, -0.1) is 6.42 Å². The van der Waals surface area contributed by atoms with Gasteiger partial charge in [-0.3, -0.25) is 4.79 Å². The van der Waals surface area contributed by atoms with Gasteiger partial charge in [0.25, 0.3) is 0 Å². The number of benzene rings is 2. The van der Waals surface area contributed by atoms with Gasteiger partial charge in [-0.25, -0.2) is 14.4 Å². The first kappa shape index (κ1) is 17.3. The summed E-state index contributed by atoms with van der Waals surface area (Å²) in [5, 5.41) is 0. The SMILES string of the molecule is C#Cc1cccc(C(=O)Cc2cc(F)cc(N(C)c3cncnc3)c2)c1. The van der Waals surface area contributed by atoms with Gasteiger partial charge in [0.2, 0.25) is 0 Å². The zero-order valence-electron chi connectivity index (χ0n) is 14.2. The first-order valence-corrected chi connectivity index (χ1v) is 7.95. The summed E-state index contributed by atoms with van der Waals surface area (Å²) in [6, 6.07) is 11.4. The minimum Gasteiger partial charge on any atom is -0.342 e. The molecule has 3 aromatic rings. The fourth-order valence-electron chi connectivity index (χ4n) is 2.61. The summed E-state index contributed by atoms with van der Waals surface area (Å²) in [5.74, 6) is 1.97. The normalized spacial score (nSPS) is 10.2. The van der Waals surface area contributed by atoms with Crippen LogP contribution < -0.4 is 4.90 Å². The first-order valence-electron chi connectivity index (χ1n) is 7.95. The number of nitrogens with zero attached hydrogens (tertiary/aromatic N) is 3. The summed E-state index contributed by atoms with van der Waals surface area (Å²) in [6.45, 7) is 0. The van der Waals surface area contributed by atoms with Gasteiger partial charge in [-0.2, -0.15) is 0 Å². The van der Waals surface area contributed by atoms with Crippen molar-refractivity contribution in [2.75, 3.05) is 11.9 Å². The summed E-state index contributed by atoms with van der Waals surface area (Å²) in [5.41, 5.74) is 3.06. The van der Waals surface area contributed by atoms with Crippen molar-refractivity contribution in [3.63, 3.8) is 0 Å². The lowest BCUT2D eigenvalue weighted by Gasteiger charge is -2.19. The Morgan fingerprint density at radius 3 is 2.65 bits per heavy atom. The molecule has 26 heavy (non-hydrogen) atoms. The van der Waals surface area contributed by atoms with E-state index in [9.17, 15) is 9.18 Å². The van der Waals surface area contributed by atoms with Crippen LogP contribution in [0.1, 0.15) is 21.5 Å². The smallest absolute Gasteiger partial charge is 0.167 e. The predicted octanol–water partition coefficient (Wildman–Crippen LogP) is 3.79. The van der Waals surface area contributed by atoms with Crippen molar-refractivity contribution in [2.45, 2.75) is 6.42 Å². The Kier molecular flexibility index (Phi) is 5.04. The number of Topliss-reactive ketones (excluding diaryl/α,β-unsaturated/α-hetero) is 1. The van der Waals surface area contributed by atoms with E-state index in [2.05, 4.69) is 15.9 Å². The molecule has 0 spiro atoms.